The zero-order valence-corrected chi connectivity index (χ0v) is 13.7. The first-order valence-corrected chi connectivity index (χ1v) is 8.35. The SMILES string of the molecule is CCCCN(C=O)C(=O)/C(=C/c1ccc(CC)cn1)SC. The maximum Gasteiger partial charge on any atom is 0.266 e. The molecule has 21 heavy (non-hydrogen) atoms. The number of rotatable bonds is 8. The highest BCUT2D eigenvalue weighted by Gasteiger charge is 2.16. The van der Waals surface area contributed by atoms with Crippen LogP contribution in [-0.2, 0) is 16.0 Å². The van der Waals surface area contributed by atoms with E-state index in [9.17, 15) is 9.59 Å². The highest BCUT2D eigenvalue weighted by Crippen LogP contribution is 2.18. The van der Waals surface area contributed by atoms with Gasteiger partial charge in [-0.05, 0) is 36.8 Å². The third-order valence-corrected chi connectivity index (χ3v) is 3.84. The Labute approximate surface area is 130 Å². The highest BCUT2D eigenvalue weighted by atomic mass is 32.2. The summed E-state index contributed by atoms with van der Waals surface area (Å²) in [5.74, 6) is -0.257. The monoisotopic (exact) mass is 306 g/mol. The molecule has 1 aromatic heterocycles. The van der Waals surface area contributed by atoms with Crippen LogP contribution >= 0.6 is 11.8 Å². The molecule has 0 fully saturated rings. The summed E-state index contributed by atoms with van der Waals surface area (Å²) in [6.07, 6.45) is 8.66. The predicted molar refractivity (Wildman–Crippen MR) is 87.8 cm³/mol. The third-order valence-electron chi connectivity index (χ3n) is 3.11. The number of amides is 2. The number of imide groups is 1. The number of carbonyl (C=O) groups excluding carboxylic acids is 2. The molecule has 0 aliphatic rings. The van der Waals surface area contributed by atoms with Crippen LogP contribution < -0.4 is 0 Å². The van der Waals surface area contributed by atoms with Crippen molar-refractivity contribution in [2.45, 2.75) is 33.1 Å². The molecule has 0 saturated carbocycles. The molecule has 0 unspecified atom stereocenters. The van der Waals surface area contributed by atoms with Gasteiger partial charge < -0.3 is 0 Å². The number of hydrogen-bond donors (Lipinski definition) is 0. The van der Waals surface area contributed by atoms with Crippen molar-refractivity contribution in [2.24, 2.45) is 0 Å². The Bertz CT molecular complexity index is 498. The second kappa shape index (κ2) is 9.34. The van der Waals surface area contributed by atoms with Crippen LogP contribution in [0.5, 0.6) is 0 Å². The number of nitrogens with zero attached hydrogens (tertiary/aromatic N) is 2. The standard InChI is InChI=1S/C16H22N2O2S/c1-4-6-9-18(12-19)16(20)15(21-3)10-14-8-7-13(5-2)11-17-14/h7-8,10-12H,4-6,9H2,1-3H3/b15-10-. The van der Waals surface area contributed by atoms with E-state index in [4.69, 9.17) is 0 Å². The minimum absolute atomic E-state index is 0.257. The fourth-order valence-electron chi connectivity index (χ4n) is 1.74. The quantitative estimate of drug-likeness (QED) is 0.547. The summed E-state index contributed by atoms with van der Waals surface area (Å²) < 4.78 is 0. The number of aromatic nitrogens is 1. The number of pyridine rings is 1. The van der Waals surface area contributed by atoms with Crippen LogP contribution in [0.2, 0.25) is 0 Å². The summed E-state index contributed by atoms with van der Waals surface area (Å²) in [5.41, 5.74) is 1.88. The average molecular weight is 306 g/mol. The Morgan fingerprint density at radius 2 is 2.14 bits per heavy atom. The summed E-state index contributed by atoms with van der Waals surface area (Å²) in [6, 6.07) is 3.88. The fraction of sp³-hybridized carbons (Fsp3) is 0.438. The van der Waals surface area contributed by atoms with Gasteiger partial charge in [0.2, 0.25) is 6.41 Å². The molecule has 1 rings (SSSR count). The van der Waals surface area contributed by atoms with E-state index in [0.717, 1.165) is 30.5 Å². The fourth-order valence-corrected chi connectivity index (χ4v) is 2.28. The van der Waals surface area contributed by atoms with Gasteiger partial charge in [-0.3, -0.25) is 19.5 Å². The van der Waals surface area contributed by atoms with Gasteiger partial charge in [0.1, 0.15) is 0 Å². The molecule has 0 aliphatic heterocycles. The van der Waals surface area contributed by atoms with Gasteiger partial charge in [-0.15, -0.1) is 11.8 Å². The molecule has 5 heteroatoms. The van der Waals surface area contributed by atoms with Crippen LogP contribution in [0.1, 0.15) is 37.9 Å². The third kappa shape index (κ3) is 5.34. The molecule has 0 aliphatic carbocycles. The minimum atomic E-state index is -0.257. The Kier molecular flexibility index (Phi) is 7.75. The highest BCUT2D eigenvalue weighted by molar-refractivity contribution is 8.03. The normalized spacial score (nSPS) is 11.3. The smallest absolute Gasteiger partial charge is 0.266 e. The molecule has 0 radical (unpaired) electrons. The first kappa shape index (κ1) is 17.4. The van der Waals surface area contributed by atoms with Gasteiger partial charge >= 0.3 is 0 Å². The number of carbonyl (C=O) groups is 2. The van der Waals surface area contributed by atoms with Crippen molar-refractivity contribution in [3.05, 3.63) is 34.5 Å². The lowest BCUT2D eigenvalue weighted by molar-refractivity contribution is -0.134. The molecule has 4 nitrogen and oxygen atoms in total. The van der Waals surface area contributed by atoms with Crippen molar-refractivity contribution in [3.8, 4) is 0 Å². The molecule has 0 aromatic carbocycles. The number of aryl methyl sites for hydroxylation is 1. The maximum absolute atomic E-state index is 12.3. The second-order valence-electron chi connectivity index (χ2n) is 4.62. The zero-order chi connectivity index (χ0) is 15.7. The van der Waals surface area contributed by atoms with E-state index >= 15 is 0 Å². The maximum atomic E-state index is 12.3. The Hall–Kier alpha value is -1.62. The summed E-state index contributed by atoms with van der Waals surface area (Å²) in [7, 11) is 0. The first-order valence-electron chi connectivity index (χ1n) is 7.13. The molecule has 114 valence electrons. The van der Waals surface area contributed by atoms with E-state index in [1.165, 1.54) is 16.7 Å². The van der Waals surface area contributed by atoms with Crippen LogP contribution in [-0.4, -0.2) is 35.0 Å². The molecule has 2 amide bonds. The lowest BCUT2D eigenvalue weighted by Crippen LogP contribution is -2.31. The largest absolute Gasteiger partial charge is 0.281 e. The predicted octanol–water partition coefficient (Wildman–Crippen LogP) is 3.13. The van der Waals surface area contributed by atoms with Crippen molar-refractivity contribution < 1.29 is 9.59 Å². The topological polar surface area (TPSA) is 50.3 Å². The molecular formula is C16H22N2O2S. The number of hydrogen-bond acceptors (Lipinski definition) is 4. The van der Waals surface area contributed by atoms with E-state index in [0.29, 0.717) is 17.9 Å². The van der Waals surface area contributed by atoms with E-state index in [2.05, 4.69) is 11.9 Å². The van der Waals surface area contributed by atoms with Crippen LogP contribution in [0.3, 0.4) is 0 Å². The van der Waals surface area contributed by atoms with Crippen molar-refractivity contribution >= 4 is 30.2 Å². The lowest BCUT2D eigenvalue weighted by atomic mass is 10.2. The Balaban J connectivity index is 2.90. The molecule has 1 aromatic rings. The van der Waals surface area contributed by atoms with Crippen LogP contribution in [0, 0.1) is 0 Å². The second-order valence-corrected chi connectivity index (χ2v) is 5.46. The van der Waals surface area contributed by atoms with E-state index in [-0.39, 0.29) is 5.91 Å². The molecule has 0 N–H and O–H groups in total. The molecule has 0 saturated heterocycles. The Morgan fingerprint density at radius 1 is 1.38 bits per heavy atom. The summed E-state index contributed by atoms with van der Waals surface area (Å²) in [6.45, 7) is 4.55. The summed E-state index contributed by atoms with van der Waals surface area (Å²) >= 11 is 1.33. The lowest BCUT2D eigenvalue weighted by Gasteiger charge is -2.16. The zero-order valence-electron chi connectivity index (χ0n) is 12.8. The molecule has 1 heterocycles. The van der Waals surface area contributed by atoms with Gasteiger partial charge in [0.05, 0.1) is 10.6 Å². The van der Waals surface area contributed by atoms with Crippen LogP contribution in [0.25, 0.3) is 6.08 Å². The molecule has 0 bridgehead atoms. The minimum Gasteiger partial charge on any atom is -0.281 e. The van der Waals surface area contributed by atoms with Gasteiger partial charge in [0, 0.05) is 12.7 Å². The van der Waals surface area contributed by atoms with E-state index in [1.807, 2.05) is 31.5 Å². The molecular weight excluding hydrogens is 284 g/mol. The van der Waals surface area contributed by atoms with Crippen molar-refractivity contribution in [3.63, 3.8) is 0 Å². The number of thioether (sulfide) groups is 1. The number of unbranched alkanes of at least 4 members (excludes halogenated alkanes) is 1. The van der Waals surface area contributed by atoms with Crippen molar-refractivity contribution in [1.29, 1.82) is 0 Å². The van der Waals surface area contributed by atoms with E-state index in [1.54, 1.807) is 6.08 Å². The summed E-state index contributed by atoms with van der Waals surface area (Å²) in [4.78, 5) is 29.4. The van der Waals surface area contributed by atoms with Crippen molar-refractivity contribution in [2.75, 3.05) is 12.8 Å². The van der Waals surface area contributed by atoms with Gasteiger partial charge in [-0.1, -0.05) is 26.3 Å². The Morgan fingerprint density at radius 3 is 2.62 bits per heavy atom. The molecule has 0 atom stereocenters. The van der Waals surface area contributed by atoms with Gasteiger partial charge in [0.15, 0.2) is 0 Å². The van der Waals surface area contributed by atoms with Gasteiger partial charge in [0.25, 0.3) is 5.91 Å². The molecule has 0 spiro atoms. The summed E-state index contributed by atoms with van der Waals surface area (Å²) in [5, 5.41) is 0. The first-order chi connectivity index (χ1) is 10.2. The van der Waals surface area contributed by atoms with Gasteiger partial charge in [-0.25, -0.2) is 0 Å². The van der Waals surface area contributed by atoms with E-state index < -0.39 is 0 Å². The van der Waals surface area contributed by atoms with Crippen LogP contribution in [0.15, 0.2) is 23.2 Å². The van der Waals surface area contributed by atoms with Crippen LogP contribution in [0.4, 0.5) is 0 Å². The van der Waals surface area contributed by atoms with Gasteiger partial charge in [-0.2, -0.15) is 0 Å². The van der Waals surface area contributed by atoms with Crippen molar-refractivity contribution in [1.82, 2.24) is 9.88 Å². The average Bonchev–Trinajstić information content (AvgIpc) is 2.53.